The van der Waals surface area contributed by atoms with Gasteiger partial charge in [0, 0.05) is 37.2 Å². The molecule has 2 aromatic carbocycles. The Labute approximate surface area is 390 Å². The lowest BCUT2D eigenvalue weighted by Crippen LogP contribution is -2.47. The molecule has 4 heterocycles. The number of ketones is 1. The summed E-state index contributed by atoms with van der Waals surface area (Å²) in [5.74, 6) is -2.80. The van der Waals surface area contributed by atoms with E-state index < -0.39 is 94.8 Å². The minimum Gasteiger partial charge on any atom is -0.480 e. The van der Waals surface area contributed by atoms with Crippen LogP contribution in [0.4, 0.5) is 44.7 Å². The highest BCUT2D eigenvalue weighted by Gasteiger charge is 2.44. The fraction of sp³-hybridized carbons (Fsp3) is 0.467. The Balaban J connectivity index is 0.000000249. The summed E-state index contributed by atoms with van der Waals surface area (Å²) in [6, 6.07) is 5.51. The molecule has 0 bridgehead atoms. The predicted molar refractivity (Wildman–Crippen MR) is 228 cm³/mol. The molecule has 2 aromatic heterocycles. The Morgan fingerprint density at radius 2 is 1.04 bits per heavy atom. The fourth-order valence-corrected chi connectivity index (χ4v) is 6.81. The molecule has 2 fully saturated rings. The second kappa shape index (κ2) is 22.4. The number of amides is 2. The van der Waals surface area contributed by atoms with E-state index in [0.29, 0.717) is 29.1 Å². The Hall–Kier alpha value is -6.40. The lowest BCUT2D eigenvalue weighted by atomic mass is 9.98. The van der Waals surface area contributed by atoms with Gasteiger partial charge in [-0.25, -0.2) is 33.1 Å². The van der Waals surface area contributed by atoms with Crippen molar-refractivity contribution in [3.05, 3.63) is 95.3 Å². The van der Waals surface area contributed by atoms with Gasteiger partial charge in [-0.2, -0.15) is 26.3 Å². The maximum Gasteiger partial charge on any atom is 0.434 e. The van der Waals surface area contributed by atoms with E-state index in [1.807, 2.05) is 0 Å². The van der Waals surface area contributed by atoms with Gasteiger partial charge in [-0.15, -0.1) is 0 Å². The molecule has 2 saturated heterocycles. The minimum atomic E-state index is -4.64. The smallest absolute Gasteiger partial charge is 0.434 e. The maximum absolute atomic E-state index is 14.2. The monoisotopic (exact) mass is 985 g/mol. The zero-order chi connectivity index (χ0) is 51.8. The second-order valence-corrected chi connectivity index (χ2v) is 17.7. The van der Waals surface area contributed by atoms with Crippen molar-refractivity contribution in [3.8, 4) is 22.5 Å². The molecular formula is C45H51F8N7O9. The number of hydrogen-bond donors (Lipinski definition) is 4. The quantitative estimate of drug-likeness (QED) is 0.126. The minimum absolute atomic E-state index is 0.0439. The number of benzene rings is 2. The average molecular weight is 986 g/mol. The van der Waals surface area contributed by atoms with Crippen LogP contribution in [0.1, 0.15) is 83.3 Å². The number of nitrogens with two attached hydrogens (primary N) is 1. The van der Waals surface area contributed by atoms with E-state index in [1.54, 1.807) is 47.6 Å². The van der Waals surface area contributed by atoms with Gasteiger partial charge in [0.1, 0.15) is 28.9 Å². The Morgan fingerprint density at radius 3 is 1.42 bits per heavy atom. The molecule has 0 radical (unpaired) electrons. The topological polar surface area (TPSA) is 231 Å². The van der Waals surface area contributed by atoms with E-state index in [4.69, 9.17) is 20.3 Å². The van der Waals surface area contributed by atoms with Crippen LogP contribution in [0, 0.1) is 11.6 Å². The van der Waals surface area contributed by atoms with Crippen LogP contribution in [0.5, 0.6) is 0 Å². The molecular weight excluding hydrogens is 935 g/mol. The van der Waals surface area contributed by atoms with Crippen LogP contribution in [0.3, 0.4) is 0 Å². The van der Waals surface area contributed by atoms with Gasteiger partial charge in [0.05, 0.1) is 48.4 Å². The second-order valence-electron chi connectivity index (χ2n) is 17.7. The van der Waals surface area contributed by atoms with Gasteiger partial charge in [0.15, 0.2) is 23.2 Å². The van der Waals surface area contributed by atoms with Crippen molar-refractivity contribution >= 4 is 23.9 Å². The number of aromatic nitrogens is 4. The first-order valence-corrected chi connectivity index (χ1v) is 21.1. The number of nitrogens with zero attached hydrogens (tertiary/aromatic N) is 6. The normalized spacial score (nSPS) is 18.4. The van der Waals surface area contributed by atoms with Gasteiger partial charge in [-0.3, -0.25) is 24.6 Å². The first kappa shape index (κ1) is 55.2. The number of halogens is 8. The third-order valence-electron chi connectivity index (χ3n) is 9.86. The van der Waals surface area contributed by atoms with Crippen LogP contribution in [-0.2, 0) is 44.4 Å². The van der Waals surface area contributed by atoms with Gasteiger partial charge in [0.2, 0.25) is 0 Å². The first-order chi connectivity index (χ1) is 31.9. The summed E-state index contributed by atoms with van der Waals surface area (Å²) in [6.45, 7) is 10.7. The van der Waals surface area contributed by atoms with Gasteiger partial charge in [-0.05, 0) is 108 Å². The van der Waals surface area contributed by atoms with Gasteiger partial charge in [0.25, 0.3) is 0 Å². The summed E-state index contributed by atoms with van der Waals surface area (Å²) in [4.78, 5) is 64.0. The molecule has 6 rings (SSSR count). The number of carboxylic acid groups (broad SMARTS) is 1. The molecule has 0 saturated carbocycles. The third kappa shape index (κ3) is 16.1. The molecule has 0 spiro atoms. The van der Waals surface area contributed by atoms with Crippen molar-refractivity contribution in [3.63, 3.8) is 0 Å². The number of ether oxygens (including phenoxy) is 2. The van der Waals surface area contributed by atoms with Crippen molar-refractivity contribution in [1.29, 1.82) is 0 Å². The number of hydrogen-bond acceptors (Lipinski definition) is 13. The Morgan fingerprint density at radius 1 is 0.638 bits per heavy atom. The van der Waals surface area contributed by atoms with Crippen molar-refractivity contribution in [2.24, 2.45) is 5.73 Å². The number of Topliss-reactive ketones (excluding diaryl/α,β-unsaturated/α-hetero) is 1. The number of likely N-dealkylation sites (tertiary alicyclic amines) is 2. The molecule has 5 N–H and O–H groups in total. The molecule has 4 aromatic rings. The zero-order valence-electron chi connectivity index (χ0n) is 38.1. The van der Waals surface area contributed by atoms with E-state index in [2.05, 4.69) is 19.9 Å². The summed E-state index contributed by atoms with van der Waals surface area (Å²) in [7, 11) is 0. The van der Waals surface area contributed by atoms with E-state index in [9.17, 15) is 64.5 Å². The Kier molecular flexibility index (Phi) is 17.9. The Bertz CT molecular complexity index is 2430. The van der Waals surface area contributed by atoms with Crippen LogP contribution in [0.15, 0.2) is 61.2 Å². The molecule has 69 heavy (non-hydrogen) atoms. The number of aliphatic carboxylic acids is 1. The van der Waals surface area contributed by atoms with E-state index >= 15 is 0 Å². The van der Waals surface area contributed by atoms with Crippen molar-refractivity contribution in [1.82, 2.24) is 29.7 Å². The molecule has 0 aliphatic carbocycles. The van der Waals surface area contributed by atoms with Crippen molar-refractivity contribution in [2.45, 2.75) is 122 Å². The van der Waals surface area contributed by atoms with E-state index in [1.165, 1.54) is 23.1 Å². The number of alkyl halides is 6. The number of aryl methyl sites for hydroxylation is 1. The van der Waals surface area contributed by atoms with E-state index in [-0.39, 0.29) is 62.3 Å². The summed E-state index contributed by atoms with van der Waals surface area (Å²) in [6.07, 6.45) is -9.12. The first-order valence-electron chi connectivity index (χ1n) is 21.1. The molecule has 4 atom stereocenters. The SMILES string of the molecule is CC(C)(C)OC(=O)N1CC[C@@H](O)[C@H]1C(=O)CCc1cc(F)cc(-c2cnc(C(F)(F)F)cn2)c1.CC(C)(C)OC(=O)N1CC[C@@H](O)[C@H]1C(=O)O.NCc1cc(F)cc(-c2cnc(C(F)(F)F)cn2)c1. The number of carbonyl (C=O) groups is 4. The summed E-state index contributed by atoms with van der Waals surface area (Å²) in [5, 5.41) is 28.6. The molecule has 2 amide bonds. The largest absolute Gasteiger partial charge is 0.480 e. The highest BCUT2D eigenvalue weighted by molar-refractivity contribution is 5.89. The summed E-state index contributed by atoms with van der Waals surface area (Å²) >= 11 is 0. The zero-order valence-corrected chi connectivity index (χ0v) is 38.1. The van der Waals surface area contributed by atoms with Crippen LogP contribution in [0.25, 0.3) is 22.5 Å². The van der Waals surface area contributed by atoms with Crippen molar-refractivity contribution < 1.29 is 79.1 Å². The van der Waals surface area contributed by atoms with Gasteiger partial charge in [-0.1, -0.05) is 0 Å². The molecule has 376 valence electrons. The lowest BCUT2D eigenvalue weighted by Gasteiger charge is -2.28. The van der Waals surface area contributed by atoms with Crippen molar-refractivity contribution in [2.75, 3.05) is 13.1 Å². The number of aliphatic hydroxyl groups excluding tert-OH is 2. The molecule has 0 unspecified atom stereocenters. The summed E-state index contributed by atoms with van der Waals surface area (Å²) < 4.78 is 113. The third-order valence-corrected chi connectivity index (χ3v) is 9.86. The number of carboxylic acids is 1. The van der Waals surface area contributed by atoms with Gasteiger partial charge < -0.3 is 30.5 Å². The highest BCUT2D eigenvalue weighted by atomic mass is 19.4. The average Bonchev–Trinajstić information content (AvgIpc) is 3.83. The maximum atomic E-state index is 14.2. The summed E-state index contributed by atoms with van der Waals surface area (Å²) in [5.41, 5.74) is 3.37. The molecule has 2 aliphatic heterocycles. The fourth-order valence-electron chi connectivity index (χ4n) is 6.81. The predicted octanol–water partition coefficient (Wildman–Crippen LogP) is 7.38. The number of rotatable bonds is 8. The standard InChI is InChI=1S/C23H25F4N3O4.C12H9F4N3.C10H17NO5/c1-22(2,3)34-21(33)30-7-6-18(32)20(30)17(31)5-4-13-8-14(10-15(24)9-13)16-11-29-19(12-28-16)23(25,26)27;13-9-2-7(4-17)1-8(3-9)10-5-19-11(6-18-10)12(14,15)16;1-10(2,3)16-9(15)11-5-4-6(12)7(11)8(13)14/h8-12,18,20,32H,4-7H2,1-3H3;1-3,5-6H,4,17H2;6-7,12H,4-5H2,1-3H3,(H,13,14)/t18-,20-;;6-,7+/m1.1/s1. The van der Waals surface area contributed by atoms with Gasteiger partial charge >= 0.3 is 30.5 Å². The van der Waals surface area contributed by atoms with Crippen LogP contribution < -0.4 is 5.73 Å². The van der Waals surface area contributed by atoms with Crippen LogP contribution >= 0.6 is 0 Å². The lowest BCUT2D eigenvalue weighted by molar-refractivity contribution is -0.145. The molecule has 2 aliphatic rings. The molecule has 24 heteroatoms. The van der Waals surface area contributed by atoms with Crippen LogP contribution in [-0.4, -0.2) is 118 Å². The van der Waals surface area contributed by atoms with Crippen LogP contribution in [0.2, 0.25) is 0 Å². The molecule has 16 nitrogen and oxygen atoms in total. The number of aliphatic hydroxyl groups is 2. The number of carbonyl (C=O) groups excluding carboxylic acids is 3. The van der Waals surface area contributed by atoms with E-state index in [0.717, 1.165) is 29.4 Å². The highest BCUT2D eigenvalue weighted by Crippen LogP contribution is 2.31.